The van der Waals surface area contributed by atoms with E-state index in [9.17, 15) is 4.79 Å². The van der Waals surface area contributed by atoms with E-state index in [-0.39, 0.29) is 11.0 Å². The van der Waals surface area contributed by atoms with Crippen LogP contribution in [0.5, 0.6) is 5.75 Å². The summed E-state index contributed by atoms with van der Waals surface area (Å²) < 4.78 is 11.3. The summed E-state index contributed by atoms with van der Waals surface area (Å²) in [5.41, 5.74) is 5.53. The van der Waals surface area contributed by atoms with Crippen LogP contribution in [-0.4, -0.2) is 23.1 Å². The minimum absolute atomic E-state index is 0.163. The van der Waals surface area contributed by atoms with E-state index in [4.69, 9.17) is 21.4 Å². The van der Waals surface area contributed by atoms with Gasteiger partial charge in [0.2, 0.25) is 5.89 Å². The maximum absolute atomic E-state index is 12.6. The van der Waals surface area contributed by atoms with Gasteiger partial charge in [-0.15, -0.1) is 0 Å². The third-order valence-electron chi connectivity index (χ3n) is 4.98. The standard InChI is InChI=1S/C24H21N3O3S/c1-14-8-9-16(12-15(14)2)22(28)27-24(31)26-19-13-17(10-11-20(19)29-3)23-25-18-6-4-5-7-21(18)30-23/h4-13H,1-3H3,(H2,26,27,28,31). The number of nitrogens with zero attached hydrogens (tertiary/aromatic N) is 1. The van der Waals surface area contributed by atoms with Crippen LogP contribution >= 0.6 is 12.2 Å². The van der Waals surface area contributed by atoms with Gasteiger partial charge in [0.05, 0.1) is 12.8 Å². The number of oxazole rings is 1. The molecule has 7 heteroatoms. The number of fused-ring (bicyclic) bond motifs is 1. The lowest BCUT2D eigenvalue weighted by Crippen LogP contribution is -2.34. The minimum atomic E-state index is -0.283. The van der Waals surface area contributed by atoms with Crippen molar-refractivity contribution in [3.63, 3.8) is 0 Å². The van der Waals surface area contributed by atoms with E-state index in [0.29, 0.717) is 28.5 Å². The van der Waals surface area contributed by atoms with Crippen molar-refractivity contribution in [2.24, 2.45) is 0 Å². The van der Waals surface area contributed by atoms with Gasteiger partial charge in [-0.25, -0.2) is 4.98 Å². The SMILES string of the molecule is COc1ccc(-c2nc3ccccc3o2)cc1NC(=S)NC(=O)c1ccc(C)c(C)c1. The van der Waals surface area contributed by atoms with Crippen LogP contribution in [0.25, 0.3) is 22.6 Å². The monoisotopic (exact) mass is 431 g/mol. The number of methoxy groups -OCH3 is 1. The van der Waals surface area contributed by atoms with Crippen LogP contribution in [0.2, 0.25) is 0 Å². The fourth-order valence-electron chi connectivity index (χ4n) is 3.15. The number of amides is 1. The molecule has 1 aromatic heterocycles. The van der Waals surface area contributed by atoms with Crippen molar-refractivity contribution in [3.05, 3.63) is 77.4 Å². The van der Waals surface area contributed by atoms with Gasteiger partial charge in [-0.05, 0) is 79.7 Å². The van der Waals surface area contributed by atoms with Crippen molar-refractivity contribution >= 4 is 40.0 Å². The van der Waals surface area contributed by atoms with E-state index in [2.05, 4.69) is 15.6 Å². The molecule has 0 bridgehead atoms. The van der Waals surface area contributed by atoms with Gasteiger partial charge in [0.1, 0.15) is 11.3 Å². The topological polar surface area (TPSA) is 76.4 Å². The summed E-state index contributed by atoms with van der Waals surface area (Å²) in [4.78, 5) is 17.1. The van der Waals surface area contributed by atoms with Gasteiger partial charge < -0.3 is 14.5 Å². The number of para-hydroxylation sites is 2. The van der Waals surface area contributed by atoms with Crippen molar-refractivity contribution in [1.82, 2.24) is 10.3 Å². The summed E-state index contributed by atoms with van der Waals surface area (Å²) >= 11 is 5.35. The Bertz CT molecular complexity index is 1260. The van der Waals surface area contributed by atoms with Crippen molar-refractivity contribution < 1.29 is 13.9 Å². The van der Waals surface area contributed by atoms with E-state index >= 15 is 0 Å². The molecule has 1 amide bonds. The predicted octanol–water partition coefficient (Wildman–Crippen LogP) is 5.25. The number of benzene rings is 3. The quantitative estimate of drug-likeness (QED) is 0.430. The smallest absolute Gasteiger partial charge is 0.257 e. The summed E-state index contributed by atoms with van der Waals surface area (Å²) in [5, 5.41) is 5.91. The number of aromatic nitrogens is 1. The van der Waals surface area contributed by atoms with Gasteiger partial charge in [0, 0.05) is 11.1 Å². The molecule has 0 unspecified atom stereocenters. The zero-order valence-corrected chi connectivity index (χ0v) is 18.2. The Kier molecular flexibility index (Phi) is 5.68. The van der Waals surface area contributed by atoms with E-state index in [1.165, 1.54) is 0 Å². The highest BCUT2D eigenvalue weighted by Crippen LogP contribution is 2.31. The maximum Gasteiger partial charge on any atom is 0.257 e. The van der Waals surface area contributed by atoms with Gasteiger partial charge >= 0.3 is 0 Å². The molecule has 0 aliphatic heterocycles. The van der Waals surface area contributed by atoms with E-state index in [1.807, 2.05) is 62.4 Å². The van der Waals surface area contributed by atoms with Crippen LogP contribution < -0.4 is 15.4 Å². The molecule has 0 fully saturated rings. The zero-order chi connectivity index (χ0) is 22.0. The first-order valence-corrected chi connectivity index (χ1v) is 10.1. The summed E-state index contributed by atoms with van der Waals surface area (Å²) in [7, 11) is 1.57. The van der Waals surface area contributed by atoms with Crippen LogP contribution in [0.15, 0.2) is 65.1 Å². The highest BCUT2D eigenvalue weighted by Gasteiger charge is 2.14. The molecular weight excluding hydrogens is 410 g/mol. The Morgan fingerprint density at radius 2 is 1.84 bits per heavy atom. The Balaban J connectivity index is 1.55. The second kappa shape index (κ2) is 8.57. The molecule has 4 rings (SSSR count). The van der Waals surface area contributed by atoms with Crippen LogP contribution in [-0.2, 0) is 0 Å². The first-order valence-electron chi connectivity index (χ1n) is 9.68. The van der Waals surface area contributed by atoms with E-state index in [1.54, 1.807) is 19.2 Å². The number of anilines is 1. The largest absolute Gasteiger partial charge is 0.495 e. The van der Waals surface area contributed by atoms with Crippen LogP contribution in [0, 0.1) is 13.8 Å². The molecule has 31 heavy (non-hydrogen) atoms. The average molecular weight is 432 g/mol. The fraction of sp³-hybridized carbons (Fsp3) is 0.125. The Morgan fingerprint density at radius 1 is 1.03 bits per heavy atom. The molecule has 4 aromatic rings. The molecule has 2 N–H and O–H groups in total. The van der Waals surface area contributed by atoms with Crippen molar-refractivity contribution in [3.8, 4) is 17.2 Å². The van der Waals surface area contributed by atoms with Gasteiger partial charge in [-0.1, -0.05) is 18.2 Å². The molecule has 156 valence electrons. The molecule has 0 saturated carbocycles. The molecule has 1 heterocycles. The number of hydrogen-bond acceptors (Lipinski definition) is 5. The molecule has 6 nitrogen and oxygen atoms in total. The molecule has 3 aromatic carbocycles. The van der Waals surface area contributed by atoms with Gasteiger partial charge in [-0.3, -0.25) is 10.1 Å². The van der Waals surface area contributed by atoms with Crippen molar-refractivity contribution in [2.45, 2.75) is 13.8 Å². The van der Waals surface area contributed by atoms with Crippen LogP contribution in [0.4, 0.5) is 5.69 Å². The summed E-state index contributed by atoms with van der Waals surface area (Å²) in [6.45, 7) is 3.96. The van der Waals surface area contributed by atoms with E-state index in [0.717, 1.165) is 22.2 Å². The average Bonchev–Trinajstić information content (AvgIpc) is 3.20. The first kappa shape index (κ1) is 20.6. The number of rotatable bonds is 4. The number of hydrogen-bond donors (Lipinski definition) is 2. The number of carbonyl (C=O) groups excluding carboxylic acids is 1. The van der Waals surface area contributed by atoms with Crippen LogP contribution in [0.1, 0.15) is 21.5 Å². The third-order valence-corrected chi connectivity index (χ3v) is 5.19. The predicted molar refractivity (Wildman–Crippen MR) is 126 cm³/mol. The third kappa shape index (κ3) is 4.41. The van der Waals surface area contributed by atoms with Crippen molar-refractivity contribution in [2.75, 3.05) is 12.4 Å². The second-order valence-electron chi connectivity index (χ2n) is 7.11. The van der Waals surface area contributed by atoms with Gasteiger partial charge in [-0.2, -0.15) is 0 Å². The fourth-order valence-corrected chi connectivity index (χ4v) is 3.35. The summed E-state index contributed by atoms with van der Waals surface area (Å²) in [6.07, 6.45) is 0. The van der Waals surface area contributed by atoms with E-state index < -0.39 is 0 Å². The van der Waals surface area contributed by atoms with Gasteiger partial charge in [0.15, 0.2) is 10.7 Å². The molecule has 0 radical (unpaired) electrons. The normalized spacial score (nSPS) is 10.7. The number of carbonyl (C=O) groups is 1. The lowest BCUT2D eigenvalue weighted by Gasteiger charge is -2.14. The molecule has 0 aliphatic rings. The Hall–Kier alpha value is -3.71. The highest BCUT2D eigenvalue weighted by atomic mass is 32.1. The molecule has 0 saturated heterocycles. The van der Waals surface area contributed by atoms with Crippen LogP contribution in [0.3, 0.4) is 0 Å². The molecule has 0 spiro atoms. The molecule has 0 aliphatic carbocycles. The number of ether oxygens (including phenoxy) is 1. The number of thiocarbonyl (C=S) groups is 1. The number of aryl methyl sites for hydroxylation is 2. The lowest BCUT2D eigenvalue weighted by molar-refractivity contribution is 0.0977. The molecule has 0 atom stereocenters. The minimum Gasteiger partial charge on any atom is -0.495 e. The Morgan fingerprint density at radius 3 is 2.58 bits per heavy atom. The first-order chi connectivity index (χ1) is 14.9. The van der Waals surface area contributed by atoms with Crippen molar-refractivity contribution in [1.29, 1.82) is 0 Å². The Labute approximate surface area is 185 Å². The molecular formula is C24H21N3O3S. The second-order valence-corrected chi connectivity index (χ2v) is 7.52. The summed E-state index contributed by atoms with van der Waals surface area (Å²) in [6, 6.07) is 18.5. The number of nitrogens with one attached hydrogen (secondary N) is 2. The lowest BCUT2D eigenvalue weighted by atomic mass is 10.1. The zero-order valence-electron chi connectivity index (χ0n) is 17.4. The highest BCUT2D eigenvalue weighted by molar-refractivity contribution is 7.80. The maximum atomic E-state index is 12.6. The summed E-state index contributed by atoms with van der Waals surface area (Å²) in [5.74, 6) is 0.773. The van der Waals surface area contributed by atoms with Gasteiger partial charge in [0.25, 0.3) is 5.91 Å².